The Balaban J connectivity index is 0. The van der Waals surface area contributed by atoms with Crippen LogP contribution >= 0.6 is 11.6 Å². The van der Waals surface area contributed by atoms with Crippen molar-refractivity contribution in [2.75, 3.05) is 34.2 Å². The van der Waals surface area contributed by atoms with E-state index in [1.165, 1.54) is 257 Å². The molecule has 0 spiro atoms. The lowest BCUT2D eigenvalue weighted by molar-refractivity contribution is 0.0577. The number of hydrogen-bond donors (Lipinski definition) is 0. The molecular weight excluding hydrogens is 1110 g/mol. The molecule has 0 aromatic heterocycles. The minimum atomic E-state index is -0.643. The van der Waals surface area contributed by atoms with Crippen molar-refractivity contribution >= 4 is 23.1 Å². The number of allylic oxidation sites excluding steroid dienone is 16. The first kappa shape index (κ1) is 88.0. The molecule has 7 heteroatoms. The van der Waals surface area contributed by atoms with E-state index in [2.05, 4.69) is 144 Å². The molecule has 89 heavy (non-hydrogen) atoms. The summed E-state index contributed by atoms with van der Waals surface area (Å²) in [4.78, 5) is 28.1. The van der Waals surface area contributed by atoms with E-state index in [-0.39, 0.29) is 18.3 Å². The highest BCUT2D eigenvalue weighted by molar-refractivity contribution is 6.61. The van der Waals surface area contributed by atoms with Crippen LogP contribution in [0.5, 0.6) is 0 Å². The third kappa shape index (κ3) is 77.3. The van der Waals surface area contributed by atoms with Gasteiger partial charge >= 0.3 is 11.5 Å². The van der Waals surface area contributed by atoms with Crippen LogP contribution in [0.25, 0.3) is 0 Å². The normalized spacial score (nSPS) is 12.3. The van der Waals surface area contributed by atoms with Crippen LogP contribution in [-0.2, 0) is 9.47 Å². The maximum Gasteiger partial charge on any atom is 0.409 e. The fourth-order valence-electron chi connectivity index (χ4n) is 11.0. The van der Waals surface area contributed by atoms with Crippen molar-refractivity contribution in [1.29, 1.82) is 0 Å². The molecule has 0 aliphatic rings. The van der Waals surface area contributed by atoms with Gasteiger partial charge in [-0.2, -0.15) is 0 Å². The second kappa shape index (κ2) is 77.4. The fourth-order valence-corrected chi connectivity index (χ4v) is 11.2. The van der Waals surface area contributed by atoms with E-state index in [1.807, 2.05) is 7.05 Å². The Morgan fingerprint density at radius 2 is 0.517 bits per heavy atom. The largest absolute Gasteiger partial charge is 0.450 e. The molecule has 0 bridgehead atoms. The lowest BCUT2D eigenvalue weighted by Gasteiger charge is -2.23. The number of carbonyl (C=O) groups is 2. The summed E-state index contributed by atoms with van der Waals surface area (Å²) in [6.45, 7) is 10.8. The highest BCUT2D eigenvalue weighted by atomic mass is 35.5. The SMILES string of the molecule is CCCCC/C=C\C/C=C\CCCCCCCCC(CCCCCCCC/C=C\C/C=C\CCCCC)OC(=O)Cl.CCCCC/C=C\C/C=C\CCCCCCCCC(CCCCCCCC/C=C\C/C=C\CCCCC)OC(=O)N(C)CCCN(C)C. The zero-order valence-corrected chi connectivity index (χ0v) is 60.9. The molecule has 0 fully saturated rings. The number of carbonyl (C=O) groups excluding carboxylic acids is 2. The molecular formula is C82H149ClN2O4. The molecule has 518 valence electrons. The van der Waals surface area contributed by atoms with Crippen molar-refractivity contribution < 1.29 is 19.1 Å². The Bertz CT molecular complexity index is 1580. The van der Waals surface area contributed by atoms with E-state index in [4.69, 9.17) is 21.1 Å². The number of ether oxygens (including phenoxy) is 2. The van der Waals surface area contributed by atoms with Gasteiger partial charge in [-0.3, -0.25) is 0 Å². The standard InChI is InChI=1S/C44H82N2O2.C38H67ClO2/c1-6-8-10-12-14-16-18-20-22-24-26-28-30-32-34-36-39-43(48-44(47)46(5)42-38-41-45(3)4)40-37-35-33-31-29-27-25-23-21-19-17-15-13-11-9-7-2;1-3-5-7-9-11-13-15-17-19-21-23-25-27-29-31-33-35-37(41-38(39)40)36-34-32-30-28-26-24-22-20-18-16-14-12-10-8-6-4-2/h14-17,20-23,43H,6-13,18-19,24-42H2,1-5H3;11-14,17-20,37H,3-10,15-16,21-36H2,1-2H3/b16-14-,17-15-,22-20-,23-21-;13-11-,14-12-,19-17-,20-18-. The molecule has 0 rings (SSSR count). The summed E-state index contributed by atoms with van der Waals surface area (Å²) in [5.74, 6) is 0. The average molecular weight is 1260 g/mol. The number of unbranched alkanes of at least 4 members (excludes halogenated alkanes) is 36. The maximum atomic E-state index is 12.8. The predicted molar refractivity (Wildman–Crippen MR) is 398 cm³/mol. The molecule has 0 saturated carbocycles. The highest BCUT2D eigenvalue weighted by Crippen LogP contribution is 2.21. The fraction of sp³-hybridized carbons (Fsp3) is 0.780. The Kier molecular flexibility index (Phi) is 76.5. The van der Waals surface area contributed by atoms with E-state index < -0.39 is 5.43 Å². The lowest BCUT2D eigenvalue weighted by atomic mass is 10.0. The highest BCUT2D eigenvalue weighted by Gasteiger charge is 2.18. The Morgan fingerprint density at radius 1 is 0.292 bits per heavy atom. The summed E-state index contributed by atoms with van der Waals surface area (Å²) < 4.78 is 11.5. The van der Waals surface area contributed by atoms with Gasteiger partial charge in [-0.05, 0) is 207 Å². The maximum absolute atomic E-state index is 12.8. The first-order chi connectivity index (χ1) is 43.7. The number of amides is 1. The summed E-state index contributed by atoms with van der Waals surface area (Å²) >= 11 is 5.55. The van der Waals surface area contributed by atoms with Gasteiger partial charge in [-0.25, -0.2) is 9.59 Å². The molecule has 1 amide bonds. The van der Waals surface area contributed by atoms with Crippen molar-refractivity contribution in [2.45, 2.75) is 380 Å². The van der Waals surface area contributed by atoms with Gasteiger partial charge in [0.1, 0.15) is 12.2 Å². The summed E-state index contributed by atoms with van der Waals surface area (Å²) in [6.07, 6.45) is 102. The predicted octanol–water partition coefficient (Wildman–Crippen LogP) is 27.9. The van der Waals surface area contributed by atoms with Gasteiger partial charge in [-0.15, -0.1) is 0 Å². The molecule has 0 heterocycles. The van der Waals surface area contributed by atoms with Crippen LogP contribution in [0.4, 0.5) is 9.59 Å². The van der Waals surface area contributed by atoms with E-state index in [0.717, 1.165) is 96.6 Å². The minimum Gasteiger partial charge on any atom is -0.450 e. The van der Waals surface area contributed by atoms with Crippen molar-refractivity contribution in [1.82, 2.24) is 9.80 Å². The number of halogens is 1. The number of nitrogens with zero attached hydrogens (tertiary/aromatic N) is 2. The van der Waals surface area contributed by atoms with Gasteiger partial charge in [0.2, 0.25) is 0 Å². The third-order valence-electron chi connectivity index (χ3n) is 16.8. The lowest BCUT2D eigenvalue weighted by Crippen LogP contribution is -2.33. The first-order valence-corrected chi connectivity index (χ1v) is 38.7. The summed E-state index contributed by atoms with van der Waals surface area (Å²) in [5.41, 5.74) is -0.643. The quantitative estimate of drug-likeness (QED) is 0.0345. The number of hydrogen-bond acceptors (Lipinski definition) is 5. The summed E-state index contributed by atoms with van der Waals surface area (Å²) in [6, 6.07) is 0. The smallest absolute Gasteiger partial charge is 0.409 e. The average Bonchev–Trinajstić information content (AvgIpc) is 3.58. The van der Waals surface area contributed by atoms with Crippen LogP contribution in [0.1, 0.15) is 368 Å². The van der Waals surface area contributed by atoms with Gasteiger partial charge in [0.25, 0.3) is 0 Å². The molecule has 0 saturated heterocycles. The van der Waals surface area contributed by atoms with Crippen LogP contribution in [0.3, 0.4) is 0 Å². The minimum absolute atomic E-state index is 0.00309. The van der Waals surface area contributed by atoms with Gasteiger partial charge in [-0.1, -0.05) is 279 Å². The van der Waals surface area contributed by atoms with E-state index in [9.17, 15) is 9.59 Å². The molecule has 0 unspecified atom stereocenters. The molecule has 0 aromatic carbocycles. The molecule has 6 nitrogen and oxygen atoms in total. The third-order valence-corrected chi connectivity index (χ3v) is 16.9. The zero-order chi connectivity index (χ0) is 65.1. The Morgan fingerprint density at radius 3 is 0.753 bits per heavy atom. The van der Waals surface area contributed by atoms with Crippen LogP contribution in [0.2, 0.25) is 0 Å². The van der Waals surface area contributed by atoms with Crippen molar-refractivity contribution in [3.05, 3.63) is 97.2 Å². The van der Waals surface area contributed by atoms with Crippen molar-refractivity contribution in [3.8, 4) is 0 Å². The van der Waals surface area contributed by atoms with Gasteiger partial charge < -0.3 is 19.3 Å². The second-order valence-corrected chi connectivity index (χ2v) is 26.4. The summed E-state index contributed by atoms with van der Waals surface area (Å²) in [7, 11) is 6.04. The van der Waals surface area contributed by atoms with Crippen molar-refractivity contribution in [3.63, 3.8) is 0 Å². The molecule has 0 aliphatic carbocycles. The Hall–Kier alpha value is -3.09. The molecule has 0 aromatic rings. The van der Waals surface area contributed by atoms with Crippen LogP contribution in [0, 0.1) is 0 Å². The van der Waals surface area contributed by atoms with Gasteiger partial charge in [0.15, 0.2) is 0 Å². The van der Waals surface area contributed by atoms with Gasteiger partial charge in [0.05, 0.1) is 0 Å². The van der Waals surface area contributed by atoms with Crippen LogP contribution in [0.15, 0.2) is 97.2 Å². The second-order valence-electron chi connectivity index (χ2n) is 26.1. The van der Waals surface area contributed by atoms with E-state index >= 15 is 0 Å². The van der Waals surface area contributed by atoms with Crippen LogP contribution in [-0.4, -0.2) is 67.8 Å². The van der Waals surface area contributed by atoms with Crippen molar-refractivity contribution in [2.24, 2.45) is 0 Å². The Labute approximate surface area is 560 Å². The van der Waals surface area contributed by atoms with E-state index in [0.29, 0.717) is 0 Å². The molecule has 0 aliphatic heterocycles. The van der Waals surface area contributed by atoms with Crippen LogP contribution < -0.4 is 0 Å². The monoisotopic (exact) mass is 1260 g/mol. The molecule has 0 N–H and O–H groups in total. The topological polar surface area (TPSA) is 59.1 Å². The van der Waals surface area contributed by atoms with E-state index in [1.54, 1.807) is 4.90 Å². The first-order valence-electron chi connectivity index (χ1n) is 38.3. The summed E-state index contributed by atoms with van der Waals surface area (Å²) in [5, 5.41) is 0. The molecule has 0 atom stereocenters. The number of rotatable bonds is 66. The van der Waals surface area contributed by atoms with Gasteiger partial charge in [0, 0.05) is 25.2 Å². The molecule has 0 radical (unpaired) electrons. The zero-order valence-electron chi connectivity index (χ0n) is 60.2.